The van der Waals surface area contributed by atoms with Crippen LogP contribution < -0.4 is 4.74 Å². The first-order valence-electron chi connectivity index (χ1n) is 11.0. The molecule has 0 aromatic carbocycles. The Morgan fingerprint density at radius 1 is 1.13 bits per heavy atom. The van der Waals surface area contributed by atoms with Gasteiger partial charge in [-0.2, -0.15) is 0 Å². The lowest BCUT2D eigenvalue weighted by Gasteiger charge is -2.34. The van der Waals surface area contributed by atoms with Crippen molar-refractivity contribution in [2.45, 2.75) is 19.3 Å². The van der Waals surface area contributed by atoms with Crippen molar-refractivity contribution in [1.82, 2.24) is 19.7 Å². The minimum absolute atomic E-state index is 0.0259. The average molecular weight is 431 g/mol. The molecule has 0 saturated carbocycles. The summed E-state index contributed by atoms with van der Waals surface area (Å²) < 4.78 is 10.4. The molecular weight excluding hydrogens is 400 g/mol. The molecule has 0 radical (unpaired) electrons. The van der Waals surface area contributed by atoms with E-state index in [2.05, 4.69) is 4.98 Å². The van der Waals surface area contributed by atoms with Crippen LogP contribution in [0.15, 0.2) is 18.3 Å². The quantitative estimate of drug-likeness (QED) is 0.681. The van der Waals surface area contributed by atoms with E-state index in [-0.39, 0.29) is 23.6 Å². The second-order valence-electron chi connectivity index (χ2n) is 8.46. The van der Waals surface area contributed by atoms with Gasteiger partial charge >= 0.3 is 0 Å². The number of amides is 3. The van der Waals surface area contributed by atoms with E-state index in [1.807, 2.05) is 14.7 Å². The maximum atomic E-state index is 12.7. The minimum atomic E-state index is -0.241. The molecule has 0 spiro atoms. The molecule has 3 aliphatic heterocycles. The number of aromatic nitrogens is 1. The molecular formula is C22H30N4O5. The van der Waals surface area contributed by atoms with Gasteiger partial charge in [-0.3, -0.25) is 14.4 Å². The number of morpholine rings is 1. The first-order chi connectivity index (χ1) is 15.0. The lowest BCUT2D eigenvalue weighted by Crippen LogP contribution is -2.44. The second kappa shape index (κ2) is 9.64. The molecule has 1 atom stereocenters. The number of pyridine rings is 1. The summed E-state index contributed by atoms with van der Waals surface area (Å²) in [5, 5.41) is 0. The molecule has 1 aromatic heterocycles. The fourth-order valence-corrected chi connectivity index (χ4v) is 4.60. The summed E-state index contributed by atoms with van der Waals surface area (Å²) in [5.74, 6) is 0.703. The Bertz CT molecular complexity index is 801. The fourth-order valence-electron chi connectivity index (χ4n) is 4.60. The van der Waals surface area contributed by atoms with Crippen molar-refractivity contribution in [3.05, 3.63) is 23.9 Å². The van der Waals surface area contributed by atoms with E-state index < -0.39 is 0 Å². The Balaban J connectivity index is 1.25. The third-order valence-corrected chi connectivity index (χ3v) is 6.46. The maximum Gasteiger partial charge on any atom is 0.255 e. The topological polar surface area (TPSA) is 92.3 Å². The molecule has 3 amide bonds. The lowest BCUT2D eigenvalue weighted by molar-refractivity contribution is -0.139. The van der Waals surface area contributed by atoms with Gasteiger partial charge in [0.1, 0.15) is 0 Å². The Morgan fingerprint density at radius 3 is 2.52 bits per heavy atom. The van der Waals surface area contributed by atoms with Gasteiger partial charge in [-0.05, 0) is 24.8 Å². The smallest absolute Gasteiger partial charge is 0.255 e. The molecule has 1 aromatic rings. The fraction of sp³-hybridized carbons (Fsp3) is 0.636. The number of carbonyl (C=O) groups is 3. The summed E-state index contributed by atoms with van der Waals surface area (Å²) >= 11 is 0. The average Bonchev–Trinajstić information content (AvgIpc) is 3.19. The molecule has 0 bridgehead atoms. The van der Waals surface area contributed by atoms with E-state index in [1.54, 1.807) is 25.4 Å². The van der Waals surface area contributed by atoms with Gasteiger partial charge < -0.3 is 24.2 Å². The number of nitrogens with zero attached hydrogens (tertiary/aromatic N) is 4. The molecule has 4 rings (SSSR count). The first-order valence-corrected chi connectivity index (χ1v) is 11.0. The summed E-state index contributed by atoms with van der Waals surface area (Å²) in [6.45, 7) is 4.85. The molecule has 168 valence electrons. The third-order valence-electron chi connectivity index (χ3n) is 6.46. The Kier molecular flexibility index (Phi) is 6.70. The third kappa shape index (κ3) is 4.98. The lowest BCUT2D eigenvalue weighted by atomic mass is 9.95. The van der Waals surface area contributed by atoms with Crippen LogP contribution in [0.2, 0.25) is 0 Å². The molecule has 3 saturated heterocycles. The van der Waals surface area contributed by atoms with Crippen LogP contribution in [-0.4, -0.2) is 97.0 Å². The van der Waals surface area contributed by atoms with Crippen molar-refractivity contribution in [2.75, 3.05) is 59.6 Å². The Hall–Kier alpha value is -2.68. The zero-order valence-electron chi connectivity index (χ0n) is 18.0. The summed E-state index contributed by atoms with van der Waals surface area (Å²) in [4.78, 5) is 47.5. The van der Waals surface area contributed by atoms with Crippen molar-refractivity contribution in [1.29, 1.82) is 0 Å². The number of piperidine rings is 1. The number of methoxy groups -OCH3 is 1. The van der Waals surface area contributed by atoms with E-state index in [4.69, 9.17) is 9.47 Å². The normalized spacial score (nSPS) is 22.7. The summed E-state index contributed by atoms with van der Waals surface area (Å²) in [6, 6.07) is 3.42. The van der Waals surface area contributed by atoms with E-state index in [9.17, 15) is 14.4 Å². The van der Waals surface area contributed by atoms with E-state index in [0.29, 0.717) is 76.3 Å². The number of ether oxygens (including phenoxy) is 2. The van der Waals surface area contributed by atoms with Crippen molar-refractivity contribution in [3.8, 4) is 5.88 Å². The maximum absolute atomic E-state index is 12.7. The molecule has 9 nitrogen and oxygen atoms in total. The van der Waals surface area contributed by atoms with Crippen LogP contribution >= 0.6 is 0 Å². The molecule has 3 fully saturated rings. The van der Waals surface area contributed by atoms with Gasteiger partial charge in [-0.15, -0.1) is 0 Å². The molecule has 1 unspecified atom stereocenters. The number of carbonyl (C=O) groups excluding carboxylic acids is 3. The van der Waals surface area contributed by atoms with Crippen LogP contribution in [-0.2, 0) is 14.3 Å². The van der Waals surface area contributed by atoms with Crippen LogP contribution in [0.3, 0.4) is 0 Å². The van der Waals surface area contributed by atoms with Crippen LogP contribution in [0.5, 0.6) is 5.88 Å². The second-order valence-corrected chi connectivity index (χ2v) is 8.46. The monoisotopic (exact) mass is 430 g/mol. The zero-order chi connectivity index (χ0) is 21.8. The number of hydrogen-bond acceptors (Lipinski definition) is 6. The summed E-state index contributed by atoms with van der Waals surface area (Å²) in [6.07, 6.45) is 3.54. The zero-order valence-corrected chi connectivity index (χ0v) is 18.0. The number of hydrogen-bond donors (Lipinski definition) is 0. The van der Waals surface area contributed by atoms with Gasteiger partial charge in [-0.25, -0.2) is 4.98 Å². The SMILES string of the molecule is COc1ccc(C(=O)N2CCC(CN3CC(C(=O)N4CCOCC4)CC3=O)CC2)cn1. The van der Waals surface area contributed by atoms with Crippen molar-refractivity contribution in [3.63, 3.8) is 0 Å². The highest BCUT2D eigenvalue weighted by atomic mass is 16.5. The van der Waals surface area contributed by atoms with Gasteiger partial charge in [0.05, 0.1) is 31.8 Å². The summed E-state index contributed by atoms with van der Waals surface area (Å²) in [7, 11) is 1.54. The van der Waals surface area contributed by atoms with Crippen molar-refractivity contribution < 1.29 is 23.9 Å². The van der Waals surface area contributed by atoms with Crippen LogP contribution in [0.1, 0.15) is 29.6 Å². The predicted molar refractivity (Wildman–Crippen MR) is 112 cm³/mol. The van der Waals surface area contributed by atoms with Crippen LogP contribution in [0.25, 0.3) is 0 Å². The molecule has 3 aliphatic rings. The molecule has 31 heavy (non-hydrogen) atoms. The van der Waals surface area contributed by atoms with Crippen molar-refractivity contribution in [2.24, 2.45) is 11.8 Å². The molecule has 0 aliphatic carbocycles. The Labute approximate surface area is 182 Å². The van der Waals surface area contributed by atoms with Crippen molar-refractivity contribution >= 4 is 17.7 Å². The largest absolute Gasteiger partial charge is 0.481 e. The molecule has 0 N–H and O–H groups in total. The molecule has 9 heteroatoms. The van der Waals surface area contributed by atoms with Gasteiger partial charge in [0.15, 0.2) is 0 Å². The number of rotatable bonds is 5. The van der Waals surface area contributed by atoms with Gasteiger partial charge in [0, 0.05) is 58.0 Å². The van der Waals surface area contributed by atoms with Gasteiger partial charge in [0.2, 0.25) is 17.7 Å². The minimum Gasteiger partial charge on any atom is -0.481 e. The Morgan fingerprint density at radius 2 is 1.87 bits per heavy atom. The highest BCUT2D eigenvalue weighted by molar-refractivity contribution is 5.94. The van der Waals surface area contributed by atoms with E-state index >= 15 is 0 Å². The standard InChI is InChI=1S/C22H30N4O5/c1-30-19-3-2-17(13-23-19)21(28)24-6-4-16(5-7-24)14-26-15-18(12-20(26)27)22(29)25-8-10-31-11-9-25/h2-3,13,16,18H,4-12,14-15H2,1H3. The van der Waals surface area contributed by atoms with Crippen LogP contribution in [0, 0.1) is 11.8 Å². The summed E-state index contributed by atoms with van der Waals surface area (Å²) in [5.41, 5.74) is 0.554. The highest BCUT2D eigenvalue weighted by Gasteiger charge is 2.38. The van der Waals surface area contributed by atoms with E-state index in [0.717, 1.165) is 12.8 Å². The van der Waals surface area contributed by atoms with Crippen LogP contribution in [0.4, 0.5) is 0 Å². The first kappa shape index (κ1) is 21.5. The van der Waals surface area contributed by atoms with Gasteiger partial charge in [0.25, 0.3) is 5.91 Å². The predicted octanol–water partition coefficient (Wildman–Crippen LogP) is 0.650. The highest BCUT2D eigenvalue weighted by Crippen LogP contribution is 2.26. The molecule has 4 heterocycles. The van der Waals surface area contributed by atoms with E-state index in [1.165, 1.54) is 0 Å². The van der Waals surface area contributed by atoms with Gasteiger partial charge in [-0.1, -0.05) is 0 Å². The number of likely N-dealkylation sites (tertiary alicyclic amines) is 2.